The Morgan fingerprint density at radius 3 is 2.62 bits per heavy atom. The van der Waals surface area contributed by atoms with Gasteiger partial charge in [0.1, 0.15) is 0 Å². The van der Waals surface area contributed by atoms with Gasteiger partial charge >= 0.3 is 0 Å². The molecule has 1 fully saturated rings. The van der Waals surface area contributed by atoms with E-state index in [1.165, 1.54) is 12.8 Å². The van der Waals surface area contributed by atoms with Gasteiger partial charge in [0.25, 0.3) is 0 Å². The molecule has 1 unspecified atom stereocenters. The van der Waals surface area contributed by atoms with Gasteiger partial charge in [-0.3, -0.25) is 4.21 Å². The van der Waals surface area contributed by atoms with Crippen molar-refractivity contribution in [3.63, 3.8) is 0 Å². The topological polar surface area (TPSA) is 26.3 Å². The van der Waals surface area contributed by atoms with Gasteiger partial charge in [0, 0.05) is 35.0 Å². The van der Waals surface area contributed by atoms with Crippen LogP contribution in [0, 0.1) is 0 Å². The summed E-state index contributed by atoms with van der Waals surface area (Å²) in [6.45, 7) is 3.80. The van der Waals surface area contributed by atoms with Crippen molar-refractivity contribution in [2.75, 3.05) is 19.0 Å². The Balaban J connectivity index is 2.13. The van der Waals surface area contributed by atoms with Crippen molar-refractivity contribution in [3.8, 4) is 0 Å². The van der Waals surface area contributed by atoms with Crippen molar-refractivity contribution in [2.24, 2.45) is 0 Å². The Morgan fingerprint density at radius 2 is 2.00 bits per heavy atom. The fourth-order valence-corrected chi connectivity index (χ4v) is 3.14. The van der Waals surface area contributed by atoms with Crippen molar-refractivity contribution in [2.45, 2.75) is 44.3 Å². The molecule has 0 aromatic heterocycles. The van der Waals surface area contributed by atoms with Gasteiger partial charge in [-0.1, -0.05) is 19.8 Å². The van der Waals surface area contributed by atoms with E-state index in [-0.39, 0.29) is 0 Å². The molecular weight excluding hydrogens is 184 g/mol. The molecule has 0 aromatic rings. The smallest absolute Gasteiger partial charge is 0.0477 e. The van der Waals surface area contributed by atoms with Crippen molar-refractivity contribution in [3.05, 3.63) is 0 Å². The lowest BCUT2D eigenvalue weighted by Gasteiger charge is -2.21. The van der Waals surface area contributed by atoms with E-state index in [1.807, 2.05) is 0 Å². The van der Waals surface area contributed by atoms with Crippen molar-refractivity contribution in [1.82, 2.24) is 0 Å². The maximum atomic E-state index is 11.7. The van der Waals surface area contributed by atoms with E-state index < -0.39 is 10.8 Å². The summed E-state index contributed by atoms with van der Waals surface area (Å²) in [6, 6.07) is 0. The van der Waals surface area contributed by atoms with Crippen LogP contribution in [-0.2, 0) is 15.5 Å². The average Bonchev–Trinajstić information content (AvgIpc) is 2.19. The first-order valence-corrected chi connectivity index (χ1v) is 6.67. The quantitative estimate of drug-likeness (QED) is 0.641. The zero-order valence-corrected chi connectivity index (χ0v) is 9.28. The van der Waals surface area contributed by atoms with Crippen LogP contribution in [0.15, 0.2) is 0 Å². The van der Waals surface area contributed by atoms with Gasteiger partial charge in [-0.25, -0.2) is 0 Å². The second-order valence-electron chi connectivity index (χ2n) is 3.60. The molecule has 1 saturated heterocycles. The predicted octanol–water partition coefficient (Wildman–Crippen LogP) is 2.10. The van der Waals surface area contributed by atoms with E-state index in [0.29, 0.717) is 5.25 Å². The SMILES string of the molecule is CCCCCS(=O)C1CCOCC1. The fraction of sp³-hybridized carbons (Fsp3) is 1.00. The number of ether oxygens (including phenoxy) is 1. The van der Waals surface area contributed by atoms with Crippen molar-refractivity contribution in [1.29, 1.82) is 0 Å². The van der Waals surface area contributed by atoms with Crippen LogP contribution in [0.1, 0.15) is 39.0 Å². The highest BCUT2D eigenvalue weighted by molar-refractivity contribution is 7.85. The second kappa shape index (κ2) is 6.55. The van der Waals surface area contributed by atoms with Crippen LogP contribution in [0.3, 0.4) is 0 Å². The van der Waals surface area contributed by atoms with Crippen LogP contribution >= 0.6 is 0 Å². The first-order chi connectivity index (χ1) is 6.34. The Hall–Kier alpha value is 0.110. The lowest BCUT2D eigenvalue weighted by Crippen LogP contribution is -2.26. The summed E-state index contributed by atoms with van der Waals surface area (Å²) < 4.78 is 17.0. The lowest BCUT2D eigenvalue weighted by atomic mass is 10.2. The van der Waals surface area contributed by atoms with Gasteiger partial charge in [0.05, 0.1) is 0 Å². The predicted molar refractivity (Wildman–Crippen MR) is 56.4 cm³/mol. The number of hydrogen-bond acceptors (Lipinski definition) is 2. The summed E-state index contributed by atoms with van der Waals surface area (Å²) in [6.07, 6.45) is 5.55. The molecule has 0 saturated carbocycles. The molecule has 2 nitrogen and oxygen atoms in total. The zero-order valence-electron chi connectivity index (χ0n) is 8.46. The van der Waals surface area contributed by atoms with Crippen LogP contribution in [0.4, 0.5) is 0 Å². The molecule has 0 aromatic carbocycles. The average molecular weight is 204 g/mol. The van der Waals surface area contributed by atoms with Gasteiger partial charge in [-0.05, 0) is 19.3 Å². The molecule has 0 radical (unpaired) electrons. The third kappa shape index (κ3) is 4.23. The Morgan fingerprint density at radius 1 is 1.31 bits per heavy atom. The molecule has 0 aliphatic carbocycles. The standard InChI is InChI=1S/C10H20O2S/c1-2-3-4-9-13(11)10-5-7-12-8-6-10/h10H,2-9H2,1H3. The van der Waals surface area contributed by atoms with Crippen molar-refractivity contribution < 1.29 is 8.95 Å². The molecule has 3 heteroatoms. The maximum Gasteiger partial charge on any atom is 0.0477 e. The largest absolute Gasteiger partial charge is 0.381 e. The summed E-state index contributed by atoms with van der Waals surface area (Å²) in [5, 5.41) is 0.422. The van der Waals surface area contributed by atoms with Crippen LogP contribution in [0.25, 0.3) is 0 Å². The van der Waals surface area contributed by atoms with E-state index >= 15 is 0 Å². The van der Waals surface area contributed by atoms with E-state index in [9.17, 15) is 4.21 Å². The minimum absolute atomic E-state index is 0.422. The summed E-state index contributed by atoms with van der Waals surface area (Å²) in [5.74, 6) is 0.901. The van der Waals surface area contributed by atoms with Gasteiger partial charge in [-0.2, -0.15) is 0 Å². The molecule has 1 heterocycles. The first kappa shape index (κ1) is 11.2. The number of unbranched alkanes of at least 4 members (excludes halogenated alkanes) is 2. The second-order valence-corrected chi connectivity index (χ2v) is 5.44. The molecule has 0 N–H and O–H groups in total. The Kier molecular flexibility index (Phi) is 5.63. The molecule has 0 spiro atoms. The van der Waals surface area contributed by atoms with Crippen LogP contribution < -0.4 is 0 Å². The Labute approximate surface area is 83.5 Å². The molecule has 78 valence electrons. The van der Waals surface area contributed by atoms with Crippen LogP contribution in [0.5, 0.6) is 0 Å². The minimum atomic E-state index is -0.588. The molecular formula is C10H20O2S. The highest BCUT2D eigenvalue weighted by Crippen LogP contribution is 2.14. The minimum Gasteiger partial charge on any atom is -0.381 e. The fourth-order valence-electron chi connectivity index (χ4n) is 1.60. The third-order valence-corrected chi connectivity index (χ3v) is 4.40. The highest BCUT2D eigenvalue weighted by Gasteiger charge is 2.19. The van der Waals surface area contributed by atoms with Gasteiger partial charge in [0.2, 0.25) is 0 Å². The molecule has 1 aliphatic heterocycles. The zero-order chi connectivity index (χ0) is 9.52. The number of hydrogen-bond donors (Lipinski definition) is 0. The van der Waals surface area contributed by atoms with E-state index in [2.05, 4.69) is 6.92 Å². The first-order valence-electron chi connectivity index (χ1n) is 5.29. The molecule has 13 heavy (non-hydrogen) atoms. The lowest BCUT2D eigenvalue weighted by molar-refractivity contribution is 0.0992. The van der Waals surface area contributed by atoms with Crippen LogP contribution in [-0.4, -0.2) is 28.4 Å². The van der Waals surface area contributed by atoms with Gasteiger partial charge < -0.3 is 4.74 Å². The molecule has 0 amide bonds. The van der Waals surface area contributed by atoms with Crippen molar-refractivity contribution >= 4 is 10.8 Å². The Bertz CT molecular complexity index is 153. The van der Waals surface area contributed by atoms with Gasteiger partial charge in [-0.15, -0.1) is 0 Å². The summed E-state index contributed by atoms with van der Waals surface area (Å²) in [5.41, 5.74) is 0. The molecule has 0 bridgehead atoms. The summed E-state index contributed by atoms with van der Waals surface area (Å²) >= 11 is 0. The normalized spacial score (nSPS) is 21.6. The van der Waals surface area contributed by atoms with Crippen LogP contribution in [0.2, 0.25) is 0 Å². The number of rotatable bonds is 5. The highest BCUT2D eigenvalue weighted by atomic mass is 32.2. The summed E-state index contributed by atoms with van der Waals surface area (Å²) in [7, 11) is -0.588. The maximum absolute atomic E-state index is 11.7. The molecule has 1 aliphatic rings. The van der Waals surface area contributed by atoms with E-state index in [4.69, 9.17) is 4.74 Å². The molecule has 1 rings (SSSR count). The van der Waals surface area contributed by atoms with E-state index in [1.54, 1.807) is 0 Å². The van der Waals surface area contributed by atoms with Gasteiger partial charge in [0.15, 0.2) is 0 Å². The third-order valence-electron chi connectivity index (χ3n) is 2.49. The van der Waals surface area contributed by atoms with E-state index in [0.717, 1.165) is 38.2 Å². The summed E-state index contributed by atoms with van der Waals surface area (Å²) in [4.78, 5) is 0. The molecule has 1 atom stereocenters. The monoisotopic (exact) mass is 204 g/mol.